The molecule has 0 bridgehead atoms. The van der Waals surface area contributed by atoms with Crippen LogP contribution in [0.4, 0.5) is 0 Å². The summed E-state index contributed by atoms with van der Waals surface area (Å²) in [6.45, 7) is 4.73. The molecule has 1 aliphatic heterocycles. The Balaban J connectivity index is 1.77. The number of aryl methyl sites for hydroxylation is 1. The van der Waals surface area contributed by atoms with Gasteiger partial charge in [0.1, 0.15) is 5.76 Å². The highest BCUT2D eigenvalue weighted by Crippen LogP contribution is 2.26. The summed E-state index contributed by atoms with van der Waals surface area (Å²) >= 11 is 1.65. The monoisotopic (exact) mass is 249 g/mol. The van der Waals surface area contributed by atoms with Crippen molar-refractivity contribution in [2.24, 2.45) is 5.73 Å². The number of hydrogen-bond donors (Lipinski definition) is 1. The molecule has 1 fully saturated rings. The molecule has 2 aromatic rings. The van der Waals surface area contributed by atoms with Crippen LogP contribution in [-0.4, -0.2) is 29.0 Å². The number of aromatic nitrogens is 1. The quantitative estimate of drug-likeness (QED) is 0.902. The summed E-state index contributed by atoms with van der Waals surface area (Å²) in [4.78, 5) is 7.93. The molecular weight excluding hydrogens is 234 g/mol. The average molecular weight is 249 g/mol. The second kappa shape index (κ2) is 4.25. The molecule has 2 N–H and O–H groups in total. The van der Waals surface area contributed by atoms with Crippen molar-refractivity contribution in [1.29, 1.82) is 0 Å². The molecule has 90 valence electrons. The second-order valence-corrected chi connectivity index (χ2v) is 5.40. The molecule has 1 saturated heterocycles. The van der Waals surface area contributed by atoms with Crippen molar-refractivity contribution in [2.45, 2.75) is 19.5 Å². The van der Waals surface area contributed by atoms with Gasteiger partial charge in [0.05, 0.1) is 10.6 Å². The van der Waals surface area contributed by atoms with Crippen molar-refractivity contribution < 1.29 is 4.42 Å². The molecule has 0 aliphatic carbocycles. The smallest absolute Gasteiger partial charge is 0.236 e. The minimum Gasteiger partial charge on any atom is -0.440 e. The first kappa shape index (κ1) is 11.0. The van der Waals surface area contributed by atoms with Gasteiger partial charge in [-0.15, -0.1) is 11.3 Å². The van der Waals surface area contributed by atoms with Gasteiger partial charge in [0.2, 0.25) is 5.89 Å². The Labute approximate surface area is 104 Å². The predicted octanol–water partition coefficient (Wildman–Crippen LogP) is 1.85. The van der Waals surface area contributed by atoms with E-state index in [1.54, 1.807) is 11.3 Å². The van der Waals surface area contributed by atoms with Crippen molar-refractivity contribution in [3.63, 3.8) is 0 Å². The molecule has 1 aliphatic rings. The fraction of sp³-hybridized carbons (Fsp3) is 0.417. The lowest BCUT2D eigenvalue weighted by molar-refractivity contribution is 0.140. The van der Waals surface area contributed by atoms with Crippen molar-refractivity contribution in [3.05, 3.63) is 29.0 Å². The summed E-state index contributed by atoms with van der Waals surface area (Å²) in [5, 5.41) is 2.03. The predicted molar refractivity (Wildman–Crippen MR) is 67.8 cm³/mol. The van der Waals surface area contributed by atoms with Crippen LogP contribution in [0.3, 0.4) is 0 Å². The van der Waals surface area contributed by atoms with Gasteiger partial charge >= 0.3 is 0 Å². The Hall–Kier alpha value is -1.17. The normalized spacial score (nSPS) is 17.3. The van der Waals surface area contributed by atoms with Gasteiger partial charge in [0, 0.05) is 25.7 Å². The number of thiophene rings is 1. The first-order valence-electron chi connectivity index (χ1n) is 5.70. The molecule has 0 radical (unpaired) electrons. The summed E-state index contributed by atoms with van der Waals surface area (Å²) in [6.07, 6.45) is 0. The van der Waals surface area contributed by atoms with E-state index < -0.39 is 0 Å². The van der Waals surface area contributed by atoms with Crippen LogP contribution in [-0.2, 0) is 6.54 Å². The van der Waals surface area contributed by atoms with Gasteiger partial charge in [-0.3, -0.25) is 4.90 Å². The van der Waals surface area contributed by atoms with E-state index in [1.807, 2.05) is 24.4 Å². The Morgan fingerprint density at radius 3 is 3.06 bits per heavy atom. The first-order chi connectivity index (χ1) is 8.22. The molecule has 4 nitrogen and oxygen atoms in total. The van der Waals surface area contributed by atoms with Gasteiger partial charge in [-0.2, -0.15) is 0 Å². The van der Waals surface area contributed by atoms with Crippen LogP contribution >= 0.6 is 11.3 Å². The minimum atomic E-state index is 0.332. The zero-order valence-corrected chi connectivity index (χ0v) is 10.5. The van der Waals surface area contributed by atoms with Gasteiger partial charge in [0.15, 0.2) is 0 Å². The van der Waals surface area contributed by atoms with Crippen LogP contribution in [0.5, 0.6) is 0 Å². The van der Waals surface area contributed by atoms with E-state index in [0.29, 0.717) is 6.04 Å². The fourth-order valence-corrected chi connectivity index (χ4v) is 2.68. The van der Waals surface area contributed by atoms with Crippen molar-refractivity contribution in [3.8, 4) is 10.8 Å². The highest BCUT2D eigenvalue weighted by molar-refractivity contribution is 7.13. The van der Waals surface area contributed by atoms with E-state index in [1.165, 1.54) is 0 Å². The fourth-order valence-electron chi connectivity index (χ4n) is 2.03. The van der Waals surface area contributed by atoms with Crippen LogP contribution < -0.4 is 5.73 Å². The van der Waals surface area contributed by atoms with Crippen LogP contribution in [0.2, 0.25) is 0 Å². The number of hydrogen-bond acceptors (Lipinski definition) is 5. The highest BCUT2D eigenvalue weighted by Gasteiger charge is 2.25. The molecule has 0 spiro atoms. The molecule has 3 rings (SSSR count). The van der Waals surface area contributed by atoms with Crippen LogP contribution in [0.25, 0.3) is 10.8 Å². The van der Waals surface area contributed by atoms with Crippen molar-refractivity contribution >= 4 is 11.3 Å². The number of nitrogens with two attached hydrogens (primary N) is 1. The van der Waals surface area contributed by atoms with E-state index in [2.05, 4.69) is 9.88 Å². The number of rotatable bonds is 3. The molecule has 5 heteroatoms. The Morgan fingerprint density at radius 1 is 1.59 bits per heavy atom. The van der Waals surface area contributed by atoms with E-state index in [9.17, 15) is 0 Å². The lowest BCUT2D eigenvalue weighted by Crippen LogP contribution is -2.55. The maximum absolute atomic E-state index is 5.76. The Kier molecular flexibility index (Phi) is 2.74. The molecule has 2 aromatic heterocycles. The molecular formula is C12H15N3OS. The molecule has 0 amide bonds. The maximum Gasteiger partial charge on any atom is 0.236 e. The largest absolute Gasteiger partial charge is 0.440 e. The molecule has 17 heavy (non-hydrogen) atoms. The van der Waals surface area contributed by atoms with Crippen LogP contribution in [0, 0.1) is 6.92 Å². The van der Waals surface area contributed by atoms with E-state index in [4.69, 9.17) is 10.2 Å². The van der Waals surface area contributed by atoms with E-state index in [0.717, 1.165) is 41.9 Å². The third-order valence-electron chi connectivity index (χ3n) is 2.98. The highest BCUT2D eigenvalue weighted by atomic mass is 32.1. The van der Waals surface area contributed by atoms with Gasteiger partial charge in [-0.1, -0.05) is 6.07 Å². The summed E-state index contributed by atoms with van der Waals surface area (Å²) in [7, 11) is 0. The van der Waals surface area contributed by atoms with Gasteiger partial charge in [0.25, 0.3) is 0 Å². The summed E-state index contributed by atoms with van der Waals surface area (Å²) in [6, 6.07) is 4.37. The zero-order chi connectivity index (χ0) is 11.8. The van der Waals surface area contributed by atoms with Gasteiger partial charge in [-0.05, 0) is 18.4 Å². The maximum atomic E-state index is 5.76. The van der Waals surface area contributed by atoms with Gasteiger partial charge in [-0.25, -0.2) is 4.98 Å². The summed E-state index contributed by atoms with van der Waals surface area (Å²) in [5.74, 6) is 1.64. The summed E-state index contributed by atoms with van der Waals surface area (Å²) < 4.78 is 5.70. The molecule has 0 atom stereocenters. The topological polar surface area (TPSA) is 55.3 Å². The SMILES string of the molecule is Cc1oc(-c2cccs2)nc1CN1CC(N)C1. The molecule has 0 unspecified atom stereocenters. The van der Waals surface area contributed by atoms with E-state index >= 15 is 0 Å². The second-order valence-electron chi connectivity index (χ2n) is 4.45. The molecule has 0 saturated carbocycles. The Bertz CT molecular complexity index is 500. The minimum absolute atomic E-state index is 0.332. The van der Waals surface area contributed by atoms with Crippen molar-refractivity contribution in [1.82, 2.24) is 9.88 Å². The lowest BCUT2D eigenvalue weighted by atomic mass is 10.1. The number of likely N-dealkylation sites (tertiary alicyclic amines) is 1. The first-order valence-corrected chi connectivity index (χ1v) is 6.58. The summed E-state index contributed by atoms with van der Waals surface area (Å²) in [5.41, 5.74) is 6.79. The van der Waals surface area contributed by atoms with Crippen molar-refractivity contribution in [2.75, 3.05) is 13.1 Å². The lowest BCUT2D eigenvalue weighted by Gasteiger charge is -2.36. The van der Waals surface area contributed by atoms with Crippen LogP contribution in [0.15, 0.2) is 21.9 Å². The number of oxazole rings is 1. The Morgan fingerprint density at radius 2 is 2.41 bits per heavy atom. The van der Waals surface area contributed by atoms with Crippen LogP contribution in [0.1, 0.15) is 11.5 Å². The third kappa shape index (κ3) is 2.13. The van der Waals surface area contributed by atoms with Gasteiger partial charge < -0.3 is 10.2 Å². The van der Waals surface area contributed by atoms with E-state index in [-0.39, 0.29) is 0 Å². The zero-order valence-electron chi connectivity index (χ0n) is 9.72. The third-order valence-corrected chi connectivity index (χ3v) is 3.84. The molecule has 3 heterocycles. The average Bonchev–Trinajstić information content (AvgIpc) is 2.86. The molecule has 0 aromatic carbocycles. The number of nitrogens with zero attached hydrogens (tertiary/aromatic N) is 2. The standard InChI is InChI=1S/C12H15N3OS/c1-8-10(7-15-5-9(13)6-15)14-12(16-8)11-3-2-4-17-11/h2-4,9H,5-7,13H2,1H3.